The number of hydrogen-bond donors (Lipinski definition) is 1. The first-order valence-electron chi connectivity index (χ1n) is 11.4. The largest absolute Gasteiger partial charge is 0.297 e. The zero-order chi connectivity index (χ0) is 20.8. The molecule has 0 unspecified atom stereocenters. The maximum atomic E-state index is 4.31. The molecule has 1 N–H and O–H groups in total. The van der Waals surface area contributed by atoms with Crippen LogP contribution < -0.4 is 5.32 Å². The molecule has 3 atom stereocenters. The lowest BCUT2D eigenvalue weighted by molar-refractivity contribution is 0.110. The SMILES string of the molecule is CC1(C)[C@@H]2CC[C@@]1(C)[C@H](NC(c1ccccc1)(c1ccccc1)c1ccccc1)C2. The first kappa shape index (κ1) is 19.6. The molecular weight excluding hydrogens is 362 g/mol. The molecular formula is C29H33N. The van der Waals surface area contributed by atoms with Gasteiger partial charge in [0.1, 0.15) is 0 Å². The van der Waals surface area contributed by atoms with E-state index < -0.39 is 0 Å². The highest BCUT2D eigenvalue weighted by Crippen LogP contribution is 2.66. The molecule has 2 fully saturated rings. The maximum Gasteiger partial charge on any atom is 0.0950 e. The lowest BCUT2D eigenvalue weighted by atomic mass is 9.67. The Bertz CT molecular complexity index is 896. The summed E-state index contributed by atoms with van der Waals surface area (Å²) in [5.74, 6) is 0.806. The van der Waals surface area contributed by atoms with Gasteiger partial charge in [0.15, 0.2) is 0 Å². The highest BCUT2D eigenvalue weighted by atomic mass is 15.1. The van der Waals surface area contributed by atoms with Gasteiger partial charge in [-0.25, -0.2) is 0 Å². The van der Waals surface area contributed by atoms with Crippen molar-refractivity contribution < 1.29 is 0 Å². The van der Waals surface area contributed by atoms with Crippen LogP contribution in [0.15, 0.2) is 91.0 Å². The summed E-state index contributed by atoms with van der Waals surface area (Å²) >= 11 is 0. The van der Waals surface area contributed by atoms with Crippen LogP contribution >= 0.6 is 0 Å². The van der Waals surface area contributed by atoms with Crippen LogP contribution in [0.2, 0.25) is 0 Å². The van der Waals surface area contributed by atoms with Gasteiger partial charge in [-0.2, -0.15) is 0 Å². The van der Waals surface area contributed by atoms with Crippen molar-refractivity contribution in [3.8, 4) is 0 Å². The smallest absolute Gasteiger partial charge is 0.0950 e. The van der Waals surface area contributed by atoms with Crippen molar-refractivity contribution in [1.82, 2.24) is 5.32 Å². The van der Waals surface area contributed by atoms with E-state index in [4.69, 9.17) is 0 Å². The quantitative estimate of drug-likeness (QED) is 0.469. The third-order valence-electron chi connectivity index (χ3n) is 8.81. The van der Waals surface area contributed by atoms with Crippen molar-refractivity contribution in [2.24, 2.45) is 16.7 Å². The van der Waals surface area contributed by atoms with Crippen LogP contribution in [0.5, 0.6) is 0 Å². The standard InChI is InChI=1S/C29H33N/c1-27(2)25-19-20-28(27,3)26(21-25)30-29(22-13-7-4-8-14-22,23-15-9-5-10-16-23)24-17-11-6-12-18-24/h4-18,25-26,30H,19-21H2,1-3H3/t25-,26-,28+/m1/s1. The van der Waals surface area contributed by atoms with E-state index in [2.05, 4.69) is 117 Å². The van der Waals surface area contributed by atoms with Crippen LogP contribution in [-0.2, 0) is 5.54 Å². The van der Waals surface area contributed by atoms with Crippen LogP contribution in [0.3, 0.4) is 0 Å². The molecule has 5 rings (SSSR count). The van der Waals surface area contributed by atoms with Gasteiger partial charge in [-0.05, 0) is 52.7 Å². The second-order valence-corrected chi connectivity index (χ2v) is 10.2. The Hall–Kier alpha value is -2.38. The fraction of sp³-hybridized carbons (Fsp3) is 0.379. The van der Waals surface area contributed by atoms with E-state index in [0.29, 0.717) is 16.9 Å². The fourth-order valence-corrected chi connectivity index (χ4v) is 6.50. The molecule has 0 amide bonds. The summed E-state index contributed by atoms with van der Waals surface area (Å²) in [5, 5.41) is 4.31. The van der Waals surface area contributed by atoms with Gasteiger partial charge in [0.05, 0.1) is 5.54 Å². The van der Waals surface area contributed by atoms with Crippen LogP contribution in [0.4, 0.5) is 0 Å². The molecule has 0 radical (unpaired) electrons. The first-order chi connectivity index (χ1) is 14.5. The van der Waals surface area contributed by atoms with Gasteiger partial charge in [-0.3, -0.25) is 5.32 Å². The lowest BCUT2D eigenvalue weighted by Gasteiger charge is -2.46. The van der Waals surface area contributed by atoms with Crippen LogP contribution in [0.1, 0.15) is 56.7 Å². The maximum absolute atomic E-state index is 4.31. The van der Waals surface area contributed by atoms with E-state index in [1.165, 1.54) is 36.0 Å². The molecule has 2 aliphatic carbocycles. The summed E-state index contributed by atoms with van der Waals surface area (Å²) < 4.78 is 0. The van der Waals surface area contributed by atoms with Crippen molar-refractivity contribution >= 4 is 0 Å². The zero-order valence-corrected chi connectivity index (χ0v) is 18.4. The highest BCUT2D eigenvalue weighted by Gasteiger charge is 2.62. The normalized spacial score (nSPS) is 27.3. The van der Waals surface area contributed by atoms with Gasteiger partial charge in [-0.15, -0.1) is 0 Å². The fourth-order valence-electron chi connectivity index (χ4n) is 6.50. The van der Waals surface area contributed by atoms with Gasteiger partial charge in [0.25, 0.3) is 0 Å². The average Bonchev–Trinajstić information content (AvgIpc) is 3.13. The molecule has 0 saturated heterocycles. The number of hydrogen-bond acceptors (Lipinski definition) is 1. The van der Waals surface area contributed by atoms with Crippen LogP contribution in [-0.4, -0.2) is 6.04 Å². The van der Waals surface area contributed by atoms with Gasteiger partial charge >= 0.3 is 0 Å². The highest BCUT2D eigenvalue weighted by molar-refractivity contribution is 5.50. The van der Waals surface area contributed by atoms with Crippen molar-refractivity contribution in [1.29, 1.82) is 0 Å². The summed E-state index contributed by atoms with van der Waals surface area (Å²) in [6, 6.07) is 33.6. The summed E-state index contributed by atoms with van der Waals surface area (Å²) in [6.45, 7) is 7.53. The molecule has 1 nitrogen and oxygen atoms in total. The Morgan fingerprint density at radius 3 is 1.47 bits per heavy atom. The van der Waals surface area contributed by atoms with Crippen LogP contribution in [0.25, 0.3) is 0 Å². The Morgan fingerprint density at radius 2 is 1.13 bits per heavy atom. The van der Waals surface area contributed by atoms with E-state index in [9.17, 15) is 0 Å². The summed E-state index contributed by atoms with van der Waals surface area (Å²) in [4.78, 5) is 0. The molecule has 0 aromatic heterocycles. The number of nitrogens with one attached hydrogen (secondary N) is 1. The number of rotatable bonds is 5. The monoisotopic (exact) mass is 395 g/mol. The molecule has 0 aliphatic heterocycles. The topological polar surface area (TPSA) is 12.0 Å². The van der Waals surface area contributed by atoms with E-state index >= 15 is 0 Å². The van der Waals surface area contributed by atoms with E-state index in [0.717, 1.165) is 5.92 Å². The number of fused-ring (bicyclic) bond motifs is 2. The summed E-state index contributed by atoms with van der Waals surface area (Å²) in [5.41, 5.74) is 4.25. The predicted molar refractivity (Wildman–Crippen MR) is 125 cm³/mol. The van der Waals surface area contributed by atoms with Crippen LogP contribution in [0, 0.1) is 16.7 Å². The molecule has 0 spiro atoms. The second-order valence-electron chi connectivity index (χ2n) is 10.2. The Balaban J connectivity index is 1.71. The van der Waals surface area contributed by atoms with Gasteiger partial charge in [0.2, 0.25) is 0 Å². The molecule has 2 saturated carbocycles. The van der Waals surface area contributed by atoms with E-state index in [-0.39, 0.29) is 5.54 Å². The van der Waals surface area contributed by atoms with Gasteiger partial charge in [0, 0.05) is 6.04 Å². The molecule has 3 aromatic rings. The van der Waals surface area contributed by atoms with Crippen molar-refractivity contribution in [3.05, 3.63) is 108 Å². The Kier molecular flexibility index (Phi) is 4.63. The predicted octanol–water partition coefficient (Wildman–Crippen LogP) is 6.78. The molecule has 2 aliphatic rings. The van der Waals surface area contributed by atoms with E-state index in [1.807, 2.05) is 0 Å². The molecule has 3 aromatic carbocycles. The summed E-state index contributed by atoms with van der Waals surface area (Å²) in [7, 11) is 0. The minimum atomic E-state index is -0.363. The van der Waals surface area contributed by atoms with Gasteiger partial charge in [-0.1, -0.05) is 112 Å². The number of benzene rings is 3. The average molecular weight is 396 g/mol. The summed E-state index contributed by atoms with van der Waals surface area (Å²) in [6.07, 6.45) is 3.95. The van der Waals surface area contributed by atoms with Crippen molar-refractivity contribution in [2.45, 2.75) is 51.6 Å². The Morgan fingerprint density at radius 1 is 0.700 bits per heavy atom. The molecule has 2 bridgehead atoms. The first-order valence-corrected chi connectivity index (χ1v) is 11.4. The third kappa shape index (κ3) is 2.72. The molecule has 0 heterocycles. The minimum absolute atomic E-state index is 0.307. The lowest BCUT2D eigenvalue weighted by Crippen LogP contribution is -2.55. The zero-order valence-electron chi connectivity index (χ0n) is 18.4. The molecule has 1 heteroatoms. The van der Waals surface area contributed by atoms with Crippen molar-refractivity contribution in [2.75, 3.05) is 0 Å². The molecule has 154 valence electrons. The van der Waals surface area contributed by atoms with E-state index in [1.54, 1.807) is 0 Å². The third-order valence-corrected chi connectivity index (χ3v) is 8.81. The van der Waals surface area contributed by atoms with Gasteiger partial charge < -0.3 is 0 Å². The Labute approximate surface area is 181 Å². The molecule has 30 heavy (non-hydrogen) atoms. The second kappa shape index (κ2) is 7.10. The minimum Gasteiger partial charge on any atom is -0.297 e. The van der Waals surface area contributed by atoms with Crippen molar-refractivity contribution in [3.63, 3.8) is 0 Å².